The number of benzene rings is 7. The molecule has 0 bridgehead atoms. The van der Waals surface area contributed by atoms with Gasteiger partial charge in [-0.25, -0.2) is 26.3 Å². The average molecular weight is 1180 g/mol. The Morgan fingerprint density at radius 3 is 1.04 bits per heavy atom. The first kappa shape index (κ1) is 61.3. The van der Waals surface area contributed by atoms with Crippen LogP contribution in [0.15, 0.2) is 171 Å². The van der Waals surface area contributed by atoms with Crippen LogP contribution in [0, 0.1) is 34.9 Å². The fourth-order valence-corrected chi connectivity index (χ4v) is 8.04. The Balaban J connectivity index is 0.000000224. The molecule has 0 spiro atoms. The number of hydrogen-bond acceptors (Lipinski definition) is 7. The minimum absolute atomic E-state index is 0.0273. The Labute approximate surface area is 457 Å². The third-order valence-corrected chi connectivity index (χ3v) is 12.2. The smallest absolute Gasteiger partial charge is 0.406 e. The lowest BCUT2D eigenvalue weighted by atomic mass is 9.96. The summed E-state index contributed by atoms with van der Waals surface area (Å²) in [7, 11) is 0. The van der Waals surface area contributed by atoms with Gasteiger partial charge in [0.2, 0.25) is 0 Å². The van der Waals surface area contributed by atoms with E-state index in [0.717, 1.165) is 52.5 Å². The van der Waals surface area contributed by atoms with Gasteiger partial charge in [-0.05, 0) is 136 Å². The van der Waals surface area contributed by atoms with Crippen molar-refractivity contribution in [1.29, 1.82) is 0 Å². The molecule has 3 unspecified atom stereocenters. The van der Waals surface area contributed by atoms with E-state index in [0.29, 0.717) is 27.3 Å². The molecule has 7 aromatic rings. The predicted molar refractivity (Wildman–Crippen MR) is 280 cm³/mol. The van der Waals surface area contributed by atoms with Crippen LogP contribution in [-0.2, 0) is 0 Å². The number of alkyl halides is 3. The summed E-state index contributed by atoms with van der Waals surface area (Å²) in [5.74, 6) is -7.93. The number of hydrogen-bond donors (Lipinski definition) is 0. The Bertz CT molecular complexity index is 3210. The largest absolute Gasteiger partial charge is 0.573 e. The second kappa shape index (κ2) is 29.8. The highest BCUT2D eigenvalue weighted by Gasteiger charge is 2.31. The molecule has 7 aromatic carbocycles. The van der Waals surface area contributed by atoms with Crippen LogP contribution < -0.4 is 4.74 Å². The minimum Gasteiger partial charge on any atom is -0.406 e. The van der Waals surface area contributed by atoms with Gasteiger partial charge in [0.1, 0.15) is 40.7 Å². The molecule has 13 nitrogen and oxygen atoms in total. The zero-order valence-corrected chi connectivity index (χ0v) is 43.1. The van der Waals surface area contributed by atoms with Crippen molar-refractivity contribution in [2.24, 2.45) is 15.3 Å². The number of azide groups is 3. The number of nitrogens with zero attached hydrogens (tertiary/aromatic N) is 9. The van der Waals surface area contributed by atoms with E-state index in [-0.39, 0.29) is 44.3 Å². The first-order valence-electron chi connectivity index (χ1n) is 23.2. The number of carbonyl (C=O) groups excluding carboxylic acids is 3. The molecule has 79 heavy (non-hydrogen) atoms. The summed E-state index contributed by atoms with van der Waals surface area (Å²) in [6.07, 6.45) is -4.97. The van der Waals surface area contributed by atoms with Gasteiger partial charge in [-0.2, -0.15) is 0 Å². The Morgan fingerprint density at radius 2 is 0.747 bits per heavy atom. The normalized spacial score (nSPS) is 11.8. The van der Waals surface area contributed by atoms with E-state index in [2.05, 4.69) is 50.7 Å². The highest BCUT2D eigenvalue weighted by molar-refractivity contribution is 9.10. The van der Waals surface area contributed by atoms with Crippen molar-refractivity contribution in [3.63, 3.8) is 0 Å². The SMILES string of the molecule is [N-]=[N+]=NC(CCC(=O)c1c(F)cccc1F)c1ccc(-c2ccc(OC(F)(F)F)cc2)cc1.[N-]=[N+]=NC(CCC(=O)c1c(F)cccc1F)c1ccc(Br)cc1.[N-]=[N+]=NC(CCC(=O)c1c(F)cccc1F)c1ccc(Cl)cc1. The Kier molecular flexibility index (Phi) is 23.1. The monoisotopic (exact) mass is 1180 g/mol. The van der Waals surface area contributed by atoms with Crippen LogP contribution in [0.5, 0.6) is 5.75 Å². The van der Waals surface area contributed by atoms with Crippen LogP contribution in [-0.4, -0.2) is 23.7 Å². The van der Waals surface area contributed by atoms with Gasteiger partial charge in [-0.15, -0.1) is 13.2 Å². The van der Waals surface area contributed by atoms with Gasteiger partial charge in [0, 0.05) is 43.5 Å². The molecular formula is C55H40BrClF9N9O4. The van der Waals surface area contributed by atoms with Gasteiger partial charge in [0.15, 0.2) is 17.3 Å². The minimum atomic E-state index is -4.78. The highest BCUT2D eigenvalue weighted by atomic mass is 79.9. The molecule has 0 heterocycles. The number of rotatable bonds is 20. The first-order chi connectivity index (χ1) is 37.7. The van der Waals surface area contributed by atoms with Gasteiger partial charge in [0.05, 0.1) is 34.8 Å². The summed E-state index contributed by atoms with van der Waals surface area (Å²) < 4.78 is 124. The van der Waals surface area contributed by atoms with E-state index in [1.807, 2.05) is 0 Å². The molecule has 0 aliphatic heterocycles. The second-order valence-electron chi connectivity index (χ2n) is 16.6. The van der Waals surface area contributed by atoms with E-state index < -0.39 is 93.4 Å². The summed E-state index contributed by atoms with van der Waals surface area (Å²) in [6.45, 7) is 0. The lowest BCUT2D eigenvalue weighted by Gasteiger charge is -2.13. The van der Waals surface area contributed by atoms with Crippen LogP contribution in [0.4, 0.5) is 39.5 Å². The van der Waals surface area contributed by atoms with Crippen molar-refractivity contribution in [2.45, 2.75) is 63.0 Å². The summed E-state index contributed by atoms with van der Waals surface area (Å²) in [5.41, 5.74) is 27.7. The van der Waals surface area contributed by atoms with Crippen LogP contribution in [0.2, 0.25) is 5.02 Å². The molecule has 0 aliphatic carbocycles. The predicted octanol–water partition coefficient (Wildman–Crippen LogP) is 18.9. The van der Waals surface area contributed by atoms with Crippen molar-refractivity contribution >= 4 is 44.9 Å². The van der Waals surface area contributed by atoms with Crippen LogP contribution in [0.3, 0.4) is 0 Å². The van der Waals surface area contributed by atoms with Crippen molar-refractivity contribution < 1.29 is 58.6 Å². The molecular weight excluding hydrogens is 1140 g/mol. The number of halogens is 11. The molecule has 406 valence electrons. The first-order valence-corrected chi connectivity index (χ1v) is 24.4. The zero-order chi connectivity index (χ0) is 57.6. The van der Waals surface area contributed by atoms with E-state index in [1.165, 1.54) is 36.4 Å². The summed E-state index contributed by atoms with van der Waals surface area (Å²) in [5, 5.41) is 11.5. The number of ketones is 3. The van der Waals surface area contributed by atoms with E-state index in [9.17, 15) is 53.9 Å². The average Bonchev–Trinajstić information content (AvgIpc) is 3.41. The molecule has 0 radical (unpaired) electrons. The van der Waals surface area contributed by atoms with Gasteiger partial charge in [-0.1, -0.05) is 122 Å². The second-order valence-corrected chi connectivity index (χ2v) is 18.0. The molecule has 0 N–H and O–H groups in total. The van der Waals surface area contributed by atoms with Gasteiger partial charge >= 0.3 is 6.36 Å². The van der Waals surface area contributed by atoms with E-state index in [1.54, 1.807) is 72.8 Å². The zero-order valence-electron chi connectivity index (χ0n) is 40.7. The maximum absolute atomic E-state index is 13.8. The molecule has 0 saturated carbocycles. The lowest BCUT2D eigenvalue weighted by Crippen LogP contribution is -2.16. The number of ether oxygens (including phenoxy) is 1. The molecule has 0 aliphatic rings. The fourth-order valence-electron chi connectivity index (χ4n) is 7.65. The lowest BCUT2D eigenvalue weighted by molar-refractivity contribution is -0.274. The molecule has 24 heteroatoms. The maximum atomic E-state index is 13.8. The van der Waals surface area contributed by atoms with Crippen molar-refractivity contribution in [2.75, 3.05) is 0 Å². The fraction of sp³-hybridized carbons (Fsp3) is 0.182. The van der Waals surface area contributed by atoms with Gasteiger partial charge < -0.3 is 4.74 Å². The summed E-state index contributed by atoms with van der Waals surface area (Å²) in [4.78, 5) is 44.7. The van der Waals surface area contributed by atoms with Crippen molar-refractivity contribution in [3.8, 4) is 16.9 Å². The Hall–Kier alpha value is -8.58. The number of carbonyl (C=O) groups is 3. The third-order valence-electron chi connectivity index (χ3n) is 11.5. The Morgan fingerprint density at radius 1 is 0.468 bits per heavy atom. The molecule has 7 rings (SSSR count). The van der Waals surface area contributed by atoms with Crippen molar-refractivity contribution in [3.05, 3.63) is 261 Å². The standard InChI is InChI=1S/C23H16F5N3O2.C16H12BrF2N3O.C16H12ClF2N3O/c24-18-2-1-3-19(25)22(18)21(32)13-12-20(30-31-29)16-6-4-14(5-7-16)15-8-10-17(11-9-15)33-23(26,27)28;2*17-11-6-4-10(5-7-11)14(21-22-20)8-9-15(23)16-12(18)2-1-3-13(16)19/h1-11,20H,12-13H2;2*1-7,14H,8-9H2. The molecule has 0 amide bonds. The van der Waals surface area contributed by atoms with Crippen LogP contribution in [0.1, 0.15) is 104 Å². The molecule has 0 aromatic heterocycles. The number of Topliss-reactive ketones (excluding diaryl/α,β-unsaturated/α-hetero) is 3. The maximum Gasteiger partial charge on any atom is 0.573 e. The summed E-state index contributed by atoms with van der Waals surface area (Å²) in [6, 6.07) is 33.3. The third kappa shape index (κ3) is 18.6. The highest BCUT2D eigenvalue weighted by Crippen LogP contribution is 2.32. The molecule has 0 fully saturated rings. The van der Waals surface area contributed by atoms with Crippen molar-refractivity contribution in [1.82, 2.24) is 0 Å². The summed E-state index contributed by atoms with van der Waals surface area (Å²) >= 11 is 9.10. The van der Waals surface area contributed by atoms with Crippen LogP contribution >= 0.6 is 27.5 Å². The topological polar surface area (TPSA) is 207 Å². The van der Waals surface area contributed by atoms with Crippen LogP contribution in [0.25, 0.3) is 42.5 Å². The quantitative estimate of drug-likeness (QED) is 0.0240. The molecule has 0 saturated heterocycles. The van der Waals surface area contributed by atoms with E-state index in [4.69, 9.17) is 28.2 Å². The molecule has 3 atom stereocenters. The van der Waals surface area contributed by atoms with Gasteiger partial charge in [0.25, 0.3) is 0 Å². The van der Waals surface area contributed by atoms with E-state index >= 15 is 0 Å². The van der Waals surface area contributed by atoms with Gasteiger partial charge in [-0.3, -0.25) is 14.4 Å².